The predicted molar refractivity (Wildman–Crippen MR) is 81.4 cm³/mol. The van der Waals surface area contributed by atoms with Crippen LogP contribution in [-0.4, -0.2) is 38.3 Å². The highest BCUT2D eigenvalue weighted by molar-refractivity contribution is 5.44. The standard InChI is InChI=1S/C16H26N2O2/c1-16(2,17)12-5-6-14(15(11-12)19-4)20-13-7-9-18(3)10-8-13/h5-6,11,13H,7-10,17H2,1-4H3. The van der Waals surface area contributed by atoms with Gasteiger partial charge in [-0.05, 0) is 51.4 Å². The van der Waals surface area contributed by atoms with Gasteiger partial charge in [-0.1, -0.05) is 6.07 Å². The van der Waals surface area contributed by atoms with Gasteiger partial charge in [-0.3, -0.25) is 0 Å². The van der Waals surface area contributed by atoms with Crippen LogP contribution in [0, 0.1) is 0 Å². The highest BCUT2D eigenvalue weighted by atomic mass is 16.5. The summed E-state index contributed by atoms with van der Waals surface area (Å²) in [7, 11) is 3.82. The molecule has 0 spiro atoms. The second-order valence-corrected chi connectivity index (χ2v) is 6.21. The second-order valence-electron chi connectivity index (χ2n) is 6.21. The molecule has 0 aliphatic carbocycles. The van der Waals surface area contributed by atoms with Gasteiger partial charge in [-0.2, -0.15) is 0 Å². The molecule has 1 heterocycles. The smallest absolute Gasteiger partial charge is 0.161 e. The fraction of sp³-hybridized carbons (Fsp3) is 0.625. The maximum Gasteiger partial charge on any atom is 0.161 e. The van der Waals surface area contributed by atoms with Crippen LogP contribution in [-0.2, 0) is 5.54 Å². The molecule has 0 saturated carbocycles. The van der Waals surface area contributed by atoms with E-state index in [1.165, 1.54) is 0 Å². The number of benzene rings is 1. The summed E-state index contributed by atoms with van der Waals surface area (Å²) >= 11 is 0. The first-order valence-corrected chi connectivity index (χ1v) is 7.23. The molecule has 112 valence electrons. The van der Waals surface area contributed by atoms with Gasteiger partial charge in [0.1, 0.15) is 6.10 Å². The summed E-state index contributed by atoms with van der Waals surface area (Å²) in [5, 5.41) is 0. The second kappa shape index (κ2) is 6.02. The third-order valence-corrected chi connectivity index (χ3v) is 3.87. The summed E-state index contributed by atoms with van der Waals surface area (Å²) in [6.45, 7) is 6.14. The Kier molecular flexibility index (Phi) is 4.55. The first kappa shape index (κ1) is 15.1. The molecule has 0 aromatic heterocycles. The minimum Gasteiger partial charge on any atom is -0.493 e. The minimum atomic E-state index is -0.376. The Bertz CT molecular complexity index is 446. The SMILES string of the molecule is COc1cc(C(C)(C)N)ccc1OC1CCN(C)CC1. The van der Waals surface area contributed by atoms with Gasteiger partial charge in [0.2, 0.25) is 0 Å². The quantitative estimate of drug-likeness (QED) is 0.918. The number of piperidine rings is 1. The molecule has 4 nitrogen and oxygen atoms in total. The van der Waals surface area contributed by atoms with E-state index in [4.69, 9.17) is 15.2 Å². The van der Waals surface area contributed by atoms with Gasteiger partial charge in [0.05, 0.1) is 7.11 Å². The average Bonchev–Trinajstić information content (AvgIpc) is 2.40. The summed E-state index contributed by atoms with van der Waals surface area (Å²) in [4.78, 5) is 2.33. The fourth-order valence-corrected chi connectivity index (χ4v) is 2.45. The predicted octanol–water partition coefficient (Wildman–Crippen LogP) is 2.36. The molecule has 1 aliphatic heterocycles. The number of rotatable bonds is 4. The van der Waals surface area contributed by atoms with E-state index in [0.717, 1.165) is 43.0 Å². The van der Waals surface area contributed by atoms with Crippen LogP contribution in [0.4, 0.5) is 0 Å². The third kappa shape index (κ3) is 3.64. The molecule has 0 radical (unpaired) electrons. The highest BCUT2D eigenvalue weighted by Crippen LogP contribution is 2.33. The van der Waals surface area contributed by atoms with Gasteiger partial charge in [-0.25, -0.2) is 0 Å². The average molecular weight is 278 g/mol. The lowest BCUT2D eigenvalue weighted by atomic mass is 9.95. The molecule has 2 rings (SSSR count). The summed E-state index contributed by atoms with van der Waals surface area (Å²) in [6, 6.07) is 5.97. The molecule has 1 aromatic rings. The molecule has 1 aromatic carbocycles. The largest absolute Gasteiger partial charge is 0.493 e. The lowest BCUT2D eigenvalue weighted by molar-refractivity contribution is 0.111. The van der Waals surface area contributed by atoms with Gasteiger partial charge in [-0.15, -0.1) is 0 Å². The number of nitrogens with two attached hydrogens (primary N) is 1. The number of methoxy groups -OCH3 is 1. The molecule has 0 bridgehead atoms. The van der Waals surface area contributed by atoms with Crippen molar-refractivity contribution in [2.45, 2.75) is 38.3 Å². The van der Waals surface area contributed by atoms with Crippen molar-refractivity contribution in [3.63, 3.8) is 0 Å². The summed E-state index contributed by atoms with van der Waals surface area (Å²) < 4.78 is 11.6. The van der Waals surface area contributed by atoms with Crippen LogP contribution in [0.5, 0.6) is 11.5 Å². The highest BCUT2D eigenvalue weighted by Gasteiger charge is 2.21. The van der Waals surface area contributed by atoms with Crippen LogP contribution in [0.2, 0.25) is 0 Å². The lowest BCUT2D eigenvalue weighted by Gasteiger charge is -2.30. The van der Waals surface area contributed by atoms with Crippen molar-refractivity contribution in [2.24, 2.45) is 5.73 Å². The summed E-state index contributed by atoms with van der Waals surface area (Å²) in [6.07, 6.45) is 2.39. The van der Waals surface area contributed by atoms with Crippen molar-refractivity contribution in [3.05, 3.63) is 23.8 Å². The topological polar surface area (TPSA) is 47.7 Å². The summed E-state index contributed by atoms with van der Waals surface area (Å²) in [5.74, 6) is 1.58. The monoisotopic (exact) mass is 278 g/mol. The Hall–Kier alpha value is -1.26. The van der Waals surface area contributed by atoms with E-state index >= 15 is 0 Å². The molecular weight excluding hydrogens is 252 g/mol. The molecule has 0 atom stereocenters. The molecule has 1 aliphatic rings. The zero-order valence-corrected chi connectivity index (χ0v) is 13.0. The van der Waals surface area contributed by atoms with Crippen LogP contribution >= 0.6 is 0 Å². The van der Waals surface area contributed by atoms with Crippen molar-refractivity contribution in [1.82, 2.24) is 4.90 Å². The van der Waals surface area contributed by atoms with E-state index in [0.29, 0.717) is 0 Å². The molecule has 0 amide bonds. The normalized spacial score (nSPS) is 18.1. The van der Waals surface area contributed by atoms with Gasteiger partial charge >= 0.3 is 0 Å². The minimum absolute atomic E-state index is 0.275. The van der Waals surface area contributed by atoms with E-state index in [1.54, 1.807) is 7.11 Å². The van der Waals surface area contributed by atoms with Gasteiger partial charge in [0, 0.05) is 18.6 Å². The Balaban J connectivity index is 2.12. The van der Waals surface area contributed by atoms with Crippen LogP contribution < -0.4 is 15.2 Å². The van der Waals surface area contributed by atoms with Crippen LogP contribution in [0.25, 0.3) is 0 Å². The fourth-order valence-electron chi connectivity index (χ4n) is 2.45. The number of hydrogen-bond acceptors (Lipinski definition) is 4. The molecule has 2 N–H and O–H groups in total. The van der Waals surface area contributed by atoms with E-state index in [1.807, 2.05) is 32.0 Å². The van der Waals surface area contributed by atoms with E-state index in [2.05, 4.69) is 11.9 Å². The first-order valence-electron chi connectivity index (χ1n) is 7.23. The van der Waals surface area contributed by atoms with Crippen LogP contribution in [0.1, 0.15) is 32.3 Å². The number of likely N-dealkylation sites (tertiary alicyclic amines) is 1. The third-order valence-electron chi connectivity index (χ3n) is 3.87. The molecular formula is C16H26N2O2. The molecule has 1 fully saturated rings. The molecule has 4 heteroatoms. The van der Waals surface area contributed by atoms with E-state index in [-0.39, 0.29) is 11.6 Å². The zero-order valence-electron chi connectivity index (χ0n) is 13.0. The van der Waals surface area contributed by atoms with Crippen molar-refractivity contribution in [2.75, 3.05) is 27.2 Å². The summed E-state index contributed by atoms with van der Waals surface area (Å²) in [5.41, 5.74) is 6.80. The van der Waals surface area contributed by atoms with Crippen molar-refractivity contribution >= 4 is 0 Å². The van der Waals surface area contributed by atoms with Crippen molar-refractivity contribution in [3.8, 4) is 11.5 Å². The lowest BCUT2D eigenvalue weighted by Crippen LogP contribution is -2.35. The van der Waals surface area contributed by atoms with Gasteiger partial charge < -0.3 is 20.1 Å². The van der Waals surface area contributed by atoms with E-state index < -0.39 is 0 Å². The first-order chi connectivity index (χ1) is 9.40. The maximum absolute atomic E-state index is 6.13. The van der Waals surface area contributed by atoms with Gasteiger partial charge in [0.15, 0.2) is 11.5 Å². The van der Waals surface area contributed by atoms with Crippen LogP contribution in [0.3, 0.4) is 0 Å². The zero-order chi connectivity index (χ0) is 14.8. The van der Waals surface area contributed by atoms with Crippen LogP contribution in [0.15, 0.2) is 18.2 Å². The van der Waals surface area contributed by atoms with E-state index in [9.17, 15) is 0 Å². The maximum atomic E-state index is 6.13. The van der Waals surface area contributed by atoms with Crippen molar-refractivity contribution < 1.29 is 9.47 Å². The molecule has 1 saturated heterocycles. The Labute approximate surface area is 121 Å². The Morgan fingerprint density at radius 1 is 1.20 bits per heavy atom. The molecule has 0 unspecified atom stereocenters. The number of hydrogen-bond donors (Lipinski definition) is 1. The number of ether oxygens (including phenoxy) is 2. The molecule has 20 heavy (non-hydrogen) atoms. The Morgan fingerprint density at radius 3 is 2.40 bits per heavy atom. The van der Waals surface area contributed by atoms with Gasteiger partial charge in [0.25, 0.3) is 0 Å². The number of nitrogens with zero attached hydrogens (tertiary/aromatic N) is 1. The van der Waals surface area contributed by atoms with Crippen molar-refractivity contribution in [1.29, 1.82) is 0 Å². The Morgan fingerprint density at radius 2 is 1.85 bits per heavy atom.